The summed E-state index contributed by atoms with van der Waals surface area (Å²) in [6, 6.07) is 2.64. The molecule has 7 heteroatoms. The van der Waals surface area contributed by atoms with E-state index in [1.807, 2.05) is 0 Å². The predicted octanol–water partition coefficient (Wildman–Crippen LogP) is 0.689. The van der Waals surface area contributed by atoms with Gasteiger partial charge in [0, 0.05) is 12.6 Å². The molecule has 1 aromatic heterocycles. The molecule has 2 N–H and O–H groups in total. The van der Waals surface area contributed by atoms with Gasteiger partial charge in [-0.25, -0.2) is 4.68 Å². The summed E-state index contributed by atoms with van der Waals surface area (Å²) < 4.78 is 38.0. The van der Waals surface area contributed by atoms with Crippen LogP contribution >= 0.6 is 0 Å². The van der Waals surface area contributed by atoms with E-state index < -0.39 is 30.7 Å². The van der Waals surface area contributed by atoms with Gasteiger partial charge in [0.2, 0.25) is 0 Å². The second-order valence-electron chi connectivity index (χ2n) is 3.47. The molecule has 1 rings (SSSR count). The number of halogens is 3. The zero-order chi connectivity index (χ0) is 12.3. The lowest BCUT2D eigenvalue weighted by Crippen LogP contribution is -2.37. The summed E-state index contributed by atoms with van der Waals surface area (Å²) >= 11 is 0. The third-order valence-corrected chi connectivity index (χ3v) is 2.14. The minimum Gasteiger partial charge on any atom is -0.330 e. The van der Waals surface area contributed by atoms with Crippen molar-refractivity contribution < 1.29 is 13.2 Å². The number of nitrogens with zero attached hydrogens (tertiary/aromatic N) is 2. The standard InChI is InChI=1S/C9H12F3N3O/c1-6-2-3-8(16)15(14-6)5-7(4-13)9(10,11)12/h2-3,7H,4-5,13H2,1H3. The summed E-state index contributed by atoms with van der Waals surface area (Å²) in [5.41, 5.74) is 4.95. The van der Waals surface area contributed by atoms with Gasteiger partial charge in [0.05, 0.1) is 18.2 Å². The number of aromatic nitrogens is 2. The van der Waals surface area contributed by atoms with Crippen LogP contribution in [-0.4, -0.2) is 22.5 Å². The molecular weight excluding hydrogens is 223 g/mol. The zero-order valence-electron chi connectivity index (χ0n) is 8.66. The molecule has 0 aliphatic rings. The number of hydrogen-bond acceptors (Lipinski definition) is 3. The van der Waals surface area contributed by atoms with Gasteiger partial charge in [0.1, 0.15) is 0 Å². The molecule has 0 fully saturated rings. The Morgan fingerprint density at radius 2 is 2.12 bits per heavy atom. The lowest BCUT2D eigenvalue weighted by molar-refractivity contribution is -0.175. The van der Waals surface area contributed by atoms with Crippen LogP contribution in [-0.2, 0) is 6.54 Å². The first-order valence-electron chi connectivity index (χ1n) is 4.66. The molecule has 0 aromatic carbocycles. The average molecular weight is 235 g/mol. The van der Waals surface area contributed by atoms with E-state index in [9.17, 15) is 18.0 Å². The lowest BCUT2D eigenvalue weighted by Gasteiger charge is -2.18. The number of hydrogen-bond donors (Lipinski definition) is 1. The maximum atomic E-state index is 12.4. The van der Waals surface area contributed by atoms with Crippen molar-refractivity contribution in [3.63, 3.8) is 0 Å². The smallest absolute Gasteiger partial charge is 0.330 e. The molecular formula is C9H12F3N3O. The number of alkyl halides is 3. The third kappa shape index (κ3) is 3.06. The minimum absolute atomic E-state index is 0.484. The summed E-state index contributed by atoms with van der Waals surface area (Å²) in [6.45, 7) is 0.493. The van der Waals surface area contributed by atoms with E-state index in [0.29, 0.717) is 5.69 Å². The maximum Gasteiger partial charge on any atom is 0.394 e. The van der Waals surface area contributed by atoms with Gasteiger partial charge in [-0.1, -0.05) is 0 Å². The van der Waals surface area contributed by atoms with Crippen molar-refractivity contribution in [3.05, 3.63) is 28.2 Å². The van der Waals surface area contributed by atoms with E-state index >= 15 is 0 Å². The van der Waals surface area contributed by atoms with Crippen LogP contribution in [0.4, 0.5) is 13.2 Å². The molecule has 1 atom stereocenters. The van der Waals surface area contributed by atoms with Crippen LogP contribution in [0.25, 0.3) is 0 Å². The molecule has 4 nitrogen and oxygen atoms in total. The molecule has 0 radical (unpaired) electrons. The summed E-state index contributed by atoms with van der Waals surface area (Å²) in [5.74, 6) is -1.75. The van der Waals surface area contributed by atoms with Crippen molar-refractivity contribution in [2.24, 2.45) is 11.7 Å². The van der Waals surface area contributed by atoms with Crippen molar-refractivity contribution >= 4 is 0 Å². The molecule has 0 saturated carbocycles. The second-order valence-corrected chi connectivity index (χ2v) is 3.47. The molecule has 1 heterocycles. The van der Waals surface area contributed by atoms with Gasteiger partial charge in [-0.2, -0.15) is 18.3 Å². The average Bonchev–Trinajstić information content (AvgIpc) is 2.17. The first-order valence-corrected chi connectivity index (χ1v) is 4.66. The number of nitrogens with two attached hydrogens (primary N) is 1. The van der Waals surface area contributed by atoms with E-state index in [4.69, 9.17) is 5.73 Å². The van der Waals surface area contributed by atoms with Crippen molar-refractivity contribution in [3.8, 4) is 0 Å². The Balaban J connectivity index is 2.95. The van der Waals surface area contributed by atoms with Gasteiger partial charge in [-0.05, 0) is 13.0 Å². The minimum atomic E-state index is -4.42. The highest BCUT2D eigenvalue weighted by Crippen LogP contribution is 2.26. The molecule has 0 aliphatic carbocycles. The monoisotopic (exact) mass is 235 g/mol. The zero-order valence-corrected chi connectivity index (χ0v) is 8.66. The van der Waals surface area contributed by atoms with Gasteiger partial charge in [0.25, 0.3) is 5.56 Å². The Hall–Kier alpha value is -1.37. The number of rotatable bonds is 3. The van der Waals surface area contributed by atoms with E-state index in [1.165, 1.54) is 12.1 Å². The molecule has 0 saturated heterocycles. The first kappa shape index (κ1) is 12.7. The van der Waals surface area contributed by atoms with Crippen LogP contribution in [0.2, 0.25) is 0 Å². The lowest BCUT2D eigenvalue weighted by atomic mass is 10.1. The molecule has 90 valence electrons. The third-order valence-electron chi connectivity index (χ3n) is 2.14. The molecule has 1 unspecified atom stereocenters. The predicted molar refractivity (Wildman–Crippen MR) is 51.8 cm³/mol. The van der Waals surface area contributed by atoms with Gasteiger partial charge >= 0.3 is 6.18 Å². The molecule has 0 bridgehead atoms. The van der Waals surface area contributed by atoms with Crippen LogP contribution in [0.5, 0.6) is 0 Å². The van der Waals surface area contributed by atoms with E-state index in [2.05, 4.69) is 5.10 Å². The molecule has 16 heavy (non-hydrogen) atoms. The van der Waals surface area contributed by atoms with Crippen LogP contribution in [0.15, 0.2) is 16.9 Å². The summed E-state index contributed by atoms with van der Waals surface area (Å²) in [5, 5.41) is 3.72. The van der Waals surface area contributed by atoms with E-state index in [0.717, 1.165) is 4.68 Å². The van der Waals surface area contributed by atoms with Gasteiger partial charge in [-0.3, -0.25) is 4.79 Å². The molecule has 0 aliphatic heterocycles. The Bertz CT molecular complexity index is 413. The van der Waals surface area contributed by atoms with Crippen molar-refractivity contribution in [1.82, 2.24) is 9.78 Å². The SMILES string of the molecule is Cc1ccc(=O)n(CC(CN)C(F)(F)F)n1. The Morgan fingerprint density at radius 3 is 2.62 bits per heavy atom. The molecule has 1 aromatic rings. The second kappa shape index (κ2) is 4.65. The Labute approximate surface area is 89.9 Å². The van der Waals surface area contributed by atoms with Crippen LogP contribution in [0.1, 0.15) is 5.69 Å². The first-order chi connectivity index (χ1) is 7.34. The van der Waals surface area contributed by atoms with Gasteiger partial charge in [0.15, 0.2) is 0 Å². The molecule has 0 amide bonds. The van der Waals surface area contributed by atoms with E-state index in [-0.39, 0.29) is 0 Å². The van der Waals surface area contributed by atoms with Crippen molar-refractivity contribution in [1.29, 1.82) is 0 Å². The van der Waals surface area contributed by atoms with Crippen molar-refractivity contribution in [2.45, 2.75) is 19.6 Å². The fraction of sp³-hybridized carbons (Fsp3) is 0.556. The normalized spacial score (nSPS) is 13.8. The highest BCUT2D eigenvalue weighted by atomic mass is 19.4. The van der Waals surface area contributed by atoms with Crippen LogP contribution in [0.3, 0.4) is 0 Å². The maximum absolute atomic E-state index is 12.4. The van der Waals surface area contributed by atoms with Gasteiger partial charge < -0.3 is 5.73 Å². The number of aryl methyl sites for hydroxylation is 1. The van der Waals surface area contributed by atoms with Crippen LogP contribution < -0.4 is 11.3 Å². The Morgan fingerprint density at radius 1 is 1.50 bits per heavy atom. The van der Waals surface area contributed by atoms with Crippen LogP contribution in [0, 0.1) is 12.8 Å². The fourth-order valence-electron chi connectivity index (χ4n) is 1.20. The topological polar surface area (TPSA) is 60.9 Å². The van der Waals surface area contributed by atoms with Crippen molar-refractivity contribution in [2.75, 3.05) is 6.54 Å². The largest absolute Gasteiger partial charge is 0.394 e. The highest BCUT2D eigenvalue weighted by Gasteiger charge is 2.39. The quantitative estimate of drug-likeness (QED) is 0.838. The summed E-state index contributed by atoms with van der Waals surface area (Å²) in [4.78, 5) is 11.2. The van der Waals surface area contributed by atoms with E-state index in [1.54, 1.807) is 6.92 Å². The summed E-state index contributed by atoms with van der Waals surface area (Å²) in [7, 11) is 0. The van der Waals surface area contributed by atoms with Gasteiger partial charge in [-0.15, -0.1) is 0 Å². The molecule has 0 spiro atoms. The fourth-order valence-corrected chi connectivity index (χ4v) is 1.20. The Kier molecular flexibility index (Phi) is 3.69. The summed E-state index contributed by atoms with van der Waals surface area (Å²) in [6.07, 6.45) is -4.42. The highest BCUT2D eigenvalue weighted by molar-refractivity contribution is 4.97.